The van der Waals surface area contributed by atoms with Gasteiger partial charge in [-0.2, -0.15) is 0 Å². The normalized spacial score (nSPS) is 17.2. The minimum absolute atomic E-state index is 0.0597. The molecule has 0 saturated heterocycles. The highest BCUT2D eigenvalue weighted by molar-refractivity contribution is 7.71. The van der Waals surface area contributed by atoms with Gasteiger partial charge in [-0.15, -0.1) is 0 Å². The first-order chi connectivity index (χ1) is 13.6. The molecule has 3 nitrogen and oxygen atoms in total. The number of hydrogen-bond donors (Lipinski definition) is 1. The van der Waals surface area contributed by atoms with Gasteiger partial charge in [0.1, 0.15) is 0 Å². The summed E-state index contributed by atoms with van der Waals surface area (Å²) in [6.45, 7) is 2.03. The smallest absolute Gasteiger partial charge is 0.263 e. The molecule has 3 aromatic rings. The van der Waals surface area contributed by atoms with E-state index in [2.05, 4.69) is 23.2 Å². The Morgan fingerprint density at radius 2 is 1.71 bits per heavy atom. The lowest BCUT2D eigenvalue weighted by molar-refractivity contribution is 0.284. The van der Waals surface area contributed by atoms with Gasteiger partial charge < -0.3 is 4.98 Å². The van der Waals surface area contributed by atoms with Gasteiger partial charge >= 0.3 is 0 Å². The van der Waals surface area contributed by atoms with Crippen LogP contribution in [-0.2, 0) is 11.8 Å². The Kier molecular flexibility index (Phi) is 4.13. The number of fused-ring (bicyclic) bond motifs is 4. The summed E-state index contributed by atoms with van der Waals surface area (Å²) in [5.74, 6) is 0. The average Bonchev–Trinajstić information content (AvgIpc) is 2.70. The van der Waals surface area contributed by atoms with E-state index in [0.717, 1.165) is 47.3 Å². The van der Waals surface area contributed by atoms with Crippen molar-refractivity contribution in [1.82, 2.24) is 9.55 Å². The number of aromatic nitrogens is 2. The first-order valence-electron chi connectivity index (χ1n) is 10.1. The number of aromatic amines is 1. The van der Waals surface area contributed by atoms with Gasteiger partial charge in [-0.25, -0.2) is 0 Å². The van der Waals surface area contributed by atoms with E-state index in [1.165, 1.54) is 24.8 Å². The Bertz CT molecular complexity index is 1180. The zero-order valence-corrected chi connectivity index (χ0v) is 16.9. The Hall–Kier alpha value is -2.46. The van der Waals surface area contributed by atoms with Gasteiger partial charge in [-0.1, -0.05) is 61.7 Å². The zero-order chi connectivity index (χ0) is 19.3. The van der Waals surface area contributed by atoms with E-state index in [1.807, 2.05) is 37.3 Å². The minimum atomic E-state index is -0.0804. The van der Waals surface area contributed by atoms with E-state index in [1.54, 1.807) is 4.57 Å². The van der Waals surface area contributed by atoms with Crippen molar-refractivity contribution in [2.45, 2.75) is 50.9 Å². The number of benzene rings is 2. The molecular weight excluding hydrogens is 364 g/mol. The first kappa shape index (κ1) is 17.6. The lowest BCUT2D eigenvalue weighted by atomic mass is 9.62. The van der Waals surface area contributed by atoms with Crippen LogP contribution in [0.2, 0.25) is 0 Å². The maximum atomic E-state index is 13.9. The van der Waals surface area contributed by atoms with Crippen LogP contribution in [0.5, 0.6) is 0 Å². The highest BCUT2D eigenvalue weighted by Crippen LogP contribution is 2.48. The fourth-order valence-corrected chi connectivity index (χ4v) is 5.57. The molecule has 1 saturated carbocycles. The molecule has 142 valence electrons. The van der Waals surface area contributed by atoms with Crippen LogP contribution >= 0.6 is 12.2 Å². The molecule has 4 heteroatoms. The number of nitrogens with one attached hydrogen (secondary N) is 1. The first-order valence-corrected chi connectivity index (χ1v) is 10.6. The Balaban J connectivity index is 1.87. The fourth-order valence-electron chi connectivity index (χ4n) is 5.29. The lowest BCUT2D eigenvalue weighted by Gasteiger charge is -2.42. The van der Waals surface area contributed by atoms with E-state index in [4.69, 9.17) is 12.2 Å². The summed E-state index contributed by atoms with van der Waals surface area (Å²) in [7, 11) is 0. The maximum absolute atomic E-state index is 13.9. The summed E-state index contributed by atoms with van der Waals surface area (Å²) in [6.07, 6.45) is 6.71. The second kappa shape index (κ2) is 6.56. The minimum Gasteiger partial charge on any atom is -0.331 e. The molecule has 1 fully saturated rings. The summed E-state index contributed by atoms with van der Waals surface area (Å²) in [5.41, 5.74) is 6.27. The number of rotatable bonds is 1. The summed E-state index contributed by atoms with van der Waals surface area (Å²) in [5, 5.41) is 0. The number of nitrogens with zero attached hydrogens (tertiary/aromatic N) is 1. The van der Waals surface area contributed by atoms with Crippen LogP contribution < -0.4 is 5.56 Å². The van der Waals surface area contributed by atoms with Crippen molar-refractivity contribution in [3.63, 3.8) is 0 Å². The molecule has 2 aliphatic carbocycles. The molecule has 2 aromatic carbocycles. The molecule has 1 aromatic heterocycles. The van der Waals surface area contributed by atoms with Gasteiger partial charge in [0.05, 0.1) is 11.4 Å². The molecule has 0 radical (unpaired) electrons. The molecule has 0 aliphatic heterocycles. The van der Waals surface area contributed by atoms with Gasteiger partial charge in [0.2, 0.25) is 0 Å². The molecule has 1 spiro atoms. The second-order valence-electron chi connectivity index (χ2n) is 8.28. The van der Waals surface area contributed by atoms with Gasteiger partial charge in [0, 0.05) is 16.5 Å². The van der Waals surface area contributed by atoms with E-state index in [-0.39, 0.29) is 11.0 Å². The van der Waals surface area contributed by atoms with E-state index in [9.17, 15) is 4.79 Å². The third kappa shape index (κ3) is 2.55. The van der Waals surface area contributed by atoms with E-state index >= 15 is 0 Å². The summed E-state index contributed by atoms with van der Waals surface area (Å²) in [4.78, 5) is 17.4. The van der Waals surface area contributed by atoms with Gasteiger partial charge in [-0.05, 0) is 55.6 Å². The predicted octanol–water partition coefficient (Wildman–Crippen LogP) is 5.63. The topological polar surface area (TPSA) is 37.8 Å². The summed E-state index contributed by atoms with van der Waals surface area (Å²) in [6, 6.07) is 16.4. The average molecular weight is 389 g/mol. The number of hydrogen-bond acceptors (Lipinski definition) is 2. The summed E-state index contributed by atoms with van der Waals surface area (Å²) < 4.78 is 2.19. The number of aryl methyl sites for hydroxylation is 1. The van der Waals surface area contributed by atoms with Crippen LogP contribution in [0.4, 0.5) is 0 Å². The molecule has 0 amide bonds. The lowest BCUT2D eigenvalue weighted by Crippen LogP contribution is -2.42. The molecular formula is C24H24N2OS. The third-order valence-electron chi connectivity index (χ3n) is 6.61. The molecule has 1 N–H and O–H groups in total. The van der Waals surface area contributed by atoms with Crippen molar-refractivity contribution in [2.24, 2.45) is 0 Å². The Morgan fingerprint density at radius 1 is 1.00 bits per heavy atom. The predicted molar refractivity (Wildman–Crippen MR) is 116 cm³/mol. The third-order valence-corrected chi connectivity index (χ3v) is 6.90. The van der Waals surface area contributed by atoms with Gasteiger partial charge in [0.25, 0.3) is 5.56 Å². The highest BCUT2D eigenvalue weighted by atomic mass is 32.1. The van der Waals surface area contributed by atoms with Crippen molar-refractivity contribution < 1.29 is 0 Å². The Labute approximate surface area is 170 Å². The van der Waals surface area contributed by atoms with Crippen molar-refractivity contribution in [2.75, 3.05) is 0 Å². The molecule has 0 bridgehead atoms. The Morgan fingerprint density at radius 3 is 2.50 bits per heavy atom. The van der Waals surface area contributed by atoms with Crippen LogP contribution in [0.25, 0.3) is 16.9 Å². The van der Waals surface area contributed by atoms with Crippen molar-refractivity contribution >= 4 is 12.2 Å². The zero-order valence-electron chi connectivity index (χ0n) is 16.1. The van der Waals surface area contributed by atoms with E-state index < -0.39 is 0 Å². The van der Waals surface area contributed by atoms with Crippen LogP contribution in [0.15, 0.2) is 53.3 Å². The van der Waals surface area contributed by atoms with Crippen LogP contribution in [0.3, 0.4) is 0 Å². The standard InChI is InChI=1S/C24H24N2OS/c1-16-9-3-6-12-19(16)26-22(27)20-21(25-23(26)28)18-11-5-4-10-17(18)15-24(20)13-7-2-8-14-24/h3-6,9-12H,2,7-8,13-15H2,1H3,(H,25,28). The molecule has 1 heterocycles. The van der Waals surface area contributed by atoms with E-state index in [0.29, 0.717) is 4.77 Å². The number of H-pyrrole nitrogens is 1. The van der Waals surface area contributed by atoms with Crippen molar-refractivity contribution in [1.29, 1.82) is 0 Å². The quantitative estimate of drug-likeness (QED) is 0.549. The van der Waals surface area contributed by atoms with Crippen LogP contribution in [-0.4, -0.2) is 9.55 Å². The molecule has 2 aliphatic rings. The van der Waals surface area contributed by atoms with Crippen LogP contribution in [0.1, 0.15) is 48.8 Å². The molecule has 28 heavy (non-hydrogen) atoms. The summed E-state index contributed by atoms with van der Waals surface area (Å²) >= 11 is 5.69. The van der Waals surface area contributed by atoms with Gasteiger partial charge in [-0.3, -0.25) is 9.36 Å². The number of para-hydroxylation sites is 1. The van der Waals surface area contributed by atoms with Crippen LogP contribution in [0, 0.1) is 11.7 Å². The van der Waals surface area contributed by atoms with Gasteiger partial charge in [0.15, 0.2) is 4.77 Å². The fraction of sp³-hybridized carbons (Fsp3) is 0.333. The SMILES string of the molecule is Cc1ccccc1-n1c(=S)[nH]c2c(c1=O)C1(CCCCC1)Cc1ccccc1-2. The van der Waals surface area contributed by atoms with Crippen molar-refractivity contribution in [3.8, 4) is 16.9 Å². The second-order valence-corrected chi connectivity index (χ2v) is 8.67. The molecule has 0 atom stereocenters. The van der Waals surface area contributed by atoms with Crippen molar-refractivity contribution in [3.05, 3.63) is 80.3 Å². The highest BCUT2D eigenvalue weighted by Gasteiger charge is 2.42. The maximum Gasteiger partial charge on any atom is 0.263 e. The largest absolute Gasteiger partial charge is 0.331 e. The molecule has 0 unspecified atom stereocenters. The monoisotopic (exact) mass is 388 g/mol. The molecule has 5 rings (SSSR count).